The van der Waals surface area contributed by atoms with Gasteiger partial charge in [-0.15, -0.1) is 0 Å². The summed E-state index contributed by atoms with van der Waals surface area (Å²) in [5, 5.41) is 0. The van der Waals surface area contributed by atoms with Crippen LogP contribution in [-0.4, -0.2) is 30.4 Å². The second-order valence-corrected chi connectivity index (χ2v) is 7.69. The molecule has 0 bridgehead atoms. The Hall–Kier alpha value is -2.75. The Bertz CT molecular complexity index is 835. The van der Waals surface area contributed by atoms with E-state index >= 15 is 0 Å². The Morgan fingerprint density at radius 1 is 0.897 bits per heavy atom. The van der Waals surface area contributed by atoms with Crippen molar-refractivity contribution in [2.45, 2.75) is 45.4 Å². The van der Waals surface area contributed by atoms with E-state index in [0.29, 0.717) is 6.42 Å². The molecule has 0 unspecified atom stereocenters. The molecule has 1 aliphatic rings. The van der Waals surface area contributed by atoms with Crippen LogP contribution in [0.3, 0.4) is 0 Å². The number of rotatable bonds is 8. The normalized spacial score (nSPS) is 19.2. The Balaban J connectivity index is 1.63. The van der Waals surface area contributed by atoms with Gasteiger partial charge in [-0.3, -0.25) is 14.4 Å². The van der Waals surface area contributed by atoms with E-state index in [4.69, 9.17) is 0 Å². The van der Waals surface area contributed by atoms with Crippen LogP contribution in [0.5, 0.6) is 0 Å². The van der Waals surface area contributed by atoms with Crippen molar-refractivity contribution < 1.29 is 14.4 Å². The lowest BCUT2D eigenvalue weighted by molar-refractivity contribution is -0.142. The lowest BCUT2D eigenvalue weighted by Gasteiger charge is -2.27. The van der Waals surface area contributed by atoms with Crippen molar-refractivity contribution in [1.82, 2.24) is 0 Å². The van der Waals surface area contributed by atoms with Gasteiger partial charge in [-0.05, 0) is 49.4 Å². The minimum absolute atomic E-state index is 0.126. The molecule has 0 heterocycles. The molecule has 0 saturated heterocycles. The maximum absolute atomic E-state index is 12.7. The summed E-state index contributed by atoms with van der Waals surface area (Å²) in [5.74, 6) is -1.88. The van der Waals surface area contributed by atoms with E-state index in [1.54, 1.807) is 0 Å². The lowest BCUT2D eigenvalue weighted by Crippen LogP contribution is -2.38. The molecule has 0 N–H and O–H groups in total. The number of hydrogen-bond donors (Lipinski definition) is 0. The fourth-order valence-corrected chi connectivity index (χ4v) is 4.17. The minimum atomic E-state index is -1.06. The molecule has 1 fully saturated rings. The first-order valence-corrected chi connectivity index (χ1v) is 10.5. The van der Waals surface area contributed by atoms with Crippen molar-refractivity contribution >= 4 is 23.0 Å². The van der Waals surface area contributed by atoms with Gasteiger partial charge in [-0.1, -0.05) is 42.5 Å². The van der Waals surface area contributed by atoms with Crippen LogP contribution < -0.4 is 4.90 Å². The third-order valence-electron chi connectivity index (χ3n) is 5.86. The van der Waals surface area contributed by atoms with Gasteiger partial charge >= 0.3 is 0 Å². The maximum Gasteiger partial charge on any atom is 0.151 e. The second-order valence-electron chi connectivity index (χ2n) is 7.69. The van der Waals surface area contributed by atoms with Crippen molar-refractivity contribution in [2.24, 2.45) is 5.92 Å². The number of aryl methyl sites for hydroxylation is 1. The Morgan fingerprint density at radius 3 is 2.03 bits per heavy atom. The largest absolute Gasteiger partial charge is 0.372 e. The van der Waals surface area contributed by atoms with Crippen LogP contribution in [0.4, 0.5) is 5.69 Å². The molecule has 0 radical (unpaired) electrons. The number of benzene rings is 2. The molecule has 0 atom stereocenters. The third-order valence-corrected chi connectivity index (χ3v) is 5.86. The van der Waals surface area contributed by atoms with E-state index in [2.05, 4.69) is 18.7 Å². The van der Waals surface area contributed by atoms with Gasteiger partial charge < -0.3 is 4.90 Å². The minimum Gasteiger partial charge on any atom is -0.372 e. The molecule has 0 aliphatic heterocycles. The Morgan fingerprint density at radius 2 is 1.48 bits per heavy atom. The predicted molar refractivity (Wildman–Crippen MR) is 115 cm³/mol. The molecule has 0 aromatic heterocycles. The summed E-state index contributed by atoms with van der Waals surface area (Å²) in [6.07, 6.45) is 1.32. The lowest BCUT2D eigenvalue weighted by atomic mass is 9.74. The number of ketones is 3. The van der Waals surface area contributed by atoms with Crippen molar-refractivity contribution in [2.75, 3.05) is 18.0 Å². The van der Waals surface area contributed by atoms with Gasteiger partial charge in [0.25, 0.3) is 0 Å². The molecule has 29 heavy (non-hydrogen) atoms. The topological polar surface area (TPSA) is 54.5 Å². The van der Waals surface area contributed by atoms with Crippen LogP contribution >= 0.6 is 0 Å². The van der Waals surface area contributed by atoms with Crippen LogP contribution in [0.2, 0.25) is 0 Å². The van der Waals surface area contributed by atoms with E-state index in [9.17, 15) is 14.4 Å². The van der Waals surface area contributed by atoms with Gasteiger partial charge in [0.15, 0.2) is 17.3 Å². The molecule has 2 aromatic rings. The number of carbonyl (C=O) groups excluding carboxylic acids is 3. The molecule has 1 saturated carbocycles. The summed E-state index contributed by atoms with van der Waals surface area (Å²) in [4.78, 5) is 40.1. The molecular formula is C25H29NO3. The Labute approximate surface area is 172 Å². The zero-order valence-electron chi connectivity index (χ0n) is 17.3. The monoisotopic (exact) mass is 391 g/mol. The van der Waals surface area contributed by atoms with Gasteiger partial charge in [0.2, 0.25) is 0 Å². The smallest absolute Gasteiger partial charge is 0.151 e. The average Bonchev–Trinajstić information content (AvgIpc) is 2.74. The highest BCUT2D eigenvalue weighted by molar-refractivity contribution is 6.21. The molecule has 4 nitrogen and oxygen atoms in total. The molecule has 1 aliphatic carbocycles. The first-order valence-electron chi connectivity index (χ1n) is 10.5. The quantitative estimate of drug-likeness (QED) is 0.627. The SMILES string of the molecule is CCN(CC)c1ccc(C2CC(=O)C(C(=O)CCc3ccccc3)C(=O)C2)cc1. The summed E-state index contributed by atoms with van der Waals surface area (Å²) < 4.78 is 0. The number of hydrogen-bond acceptors (Lipinski definition) is 4. The highest BCUT2D eigenvalue weighted by Crippen LogP contribution is 2.33. The molecule has 0 amide bonds. The van der Waals surface area contributed by atoms with Crippen molar-refractivity contribution in [1.29, 1.82) is 0 Å². The average molecular weight is 392 g/mol. The number of carbonyl (C=O) groups is 3. The third kappa shape index (κ3) is 5.00. The molecule has 4 heteroatoms. The summed E-state index contributed by atoms with van der Waals surface area (Å²) in [7, 11) is 0. The van der Waals surface area contributed by atoms with Gasteiger partial charge in [0, 0.05) is 38.0 Å². The van der Waals surface area contributed by atoms with Crippen molar-refractivity contribution in [3.63, 3.8) is 0 Å². The predicted octanol–water partition coefficient (Wildman–Crippen LogP) is 4.37. The van der Waals surface area contributed by atoms with E-state index in [1.807, 2.05) is 54.6 Å². The zero-order chi connectivity index (χ0) is 20.8. The van der Waals surface area contributed by atoms with Gasteiger partial charge in [0.05, 0.1) is 0 Å². The number of nitrogens with zero attached hydrogens (tertiary/aromatic N) is 1. The second kappa shape index (κ2) is 9.64. The fraction of sp³-hybridized carbons (Fsp3) is 0.400. The van der Waals surface area contributed by atoms with Crippen LogP contribution in [0.25, 0.3) is 0 Å². The van der Waals surface area contributed by atoms with Crippen LogP contribution in [0.1, 0.15) is 50.2 Å². The summed E-state index contributed by atoms with van der Waals surface area (Å²) in [6, 6.07) is 17.8. The van der Waals surface area contributed by atoms with Gasteiger partial charge in [-0.25, -0.2) is 0 Å². The summed E-state index contributed by atoms with van der Waals surface area (Å²) in [5.41, 5.74) is 3.18. The fourth-order valence-electron chi connectivity index (χ4n) is 4.17. The van der Waals surface area contributed by atoms with Gasteiger partial charge in [0.1, 0.15) is 5.92 Å². The van der Waals surface area contributed by atoms with E-state index in [-0.39, 0.29) is 42.5 Å². The first-order chi connectivity index (χ1) is 14.0. The van der Waals surface area contributed by atoms with Crippen LogP contribution in [0.15, 0.2) is 54.6 Å². The van der Waals surface area contributed by atoms with Gasteiger partial charge in [-0.2, -0.15) is 0 Å². The maximum atomic E-state index is 12.7. The Kier molecular flexibility index (Phi) is 6.97. The number of Topliss-reactive ketones (excluding diaryl/α,β-unsaturated/α-hetero) is 3. The highest BCUT2D eigenvalue weighted by Gasteiger charge is 2.39. The van der Waals surface area contributed by atoms with E-state index < -0.39 is 5.92 Å². The van der Waals surface area contributed by atoms with E-state index in [0.717, 1.165) is 29.9 Å². The molecule has 2 aromatic carbocycles. The summed E-state index contributed by atoms with van der Waals surface area (Å²) in [6.45, 7) is 6.10. The first kappa shape index (κ1) is 21.0. The van der Waals surface area contributed by atoms with Crippen molar-refractivity contribution in [3.05, 3.63) is 65.7 Å². The standard InChI is InChI=1S/C25H29NO3/c1-3-26(4-2)21-13-11-19(12-14-21)20-16-23(28)25(24(29)17-20)22(27)15-10-18-8-6-5-7-9-18/h5-9,11-14,20,25H,3-4,10,15-17H2,1-2H3. The molecular weight excluding hydrogens is 362 g/mol. The molecule has 152 valence electrons. The van der Waals surface area contributed by atoms with E-state index in [1.165, 1.54) is 0 Å². The van der Waals surface area contributed by atoms with Crippen LogP contribution in [-0.2, 0) is 20.8 Å². The summed E-state index contributed by atoms with van der Waals surface area (Å²) >= 11 is 0. The van der Waals surface area contributed by atoms with Crippen molar-refractivity contribution in [3.8, 4) is 0 Å². The highest BCUT2D eigenvalue weighted by atomic mass is 16.2. The zero-order valence-corrected chi connectivity index (χ0v) is 17.3. The molecule has 0 spiro atoms. The molecule has 3 rings (SSSR count). The number of anilines is 1. The van der Waals surface area contributed by atoms with Crippen LogP contribution in [0, 0.1) is 5.92 Å².